The molecule has 0 unspecified atom stereocenters. The number of rotatable bonds is 4. The van der Waals surface area contributed by atoms with Crippen molar-refractivity contribution in [3.05, 3.63) is 41.2 Å². The van der Waals surface area contributed by atoms with E-state index in [0.717, 1.165) is 11.4 Å². The Kier molecular flexibility index (Phi) is 4.16. The summed E-state index contributed by atoms with van der Waals surface area (Å²) in [5.74, 6) is 0.676. The number of ether oxygens (including phenoxy) is 1. The van der Waals surface area contributed by atoms with Crippen LogP contribution < -0.4 is 4.74 Å². The van der Waals surface area contributed by atoms with Gasteiger partial charge in [-0.3, -0.25) is 4.68 Å². The molecular weight excluding hydrogens is 314 g/mol. The summed E-state index contributed by atoms with van der Waals surface area (Å²) in [5.41, 5.74) is 3.13. The van der Waals surface area contributed by atoms with Crippen LogP contribution in [0.1, 0.15) is 23.9 Å². The Bertz CT molecular complexity index is 810. The molecule has 0 amide bonds. The van der Waals surface area contributed by atoms with Crippen molar-refractivity contribution in [2.75, 3.05) is 13.2 Å². The van der Waals surface area contributed by atoms with Gasteiger partial charge in [0, 0.05) is 13.6 Å². The van der Waals surface area contributed by atoms with Gasteiger partial charge in [-0.1, -0.05) is 0 Å². The van der Waals surface area contributed by atoms with Crippen LogP contribution in [0.5, 0.6) is 5.75 Å². The summed E-state index contributed by atoms with van der Waals surface area (Å²) in [6.07, 6.45) is 0.700. The maximum atomic E-state index is 12.8. The number of benzene rings is 1. The van der Waals surface area contributed by atoms with Crippen molar-refractivity contribution in [1.29, 1.82) is 0 Å². The lowest BCUT2D eigenvalue weighted by Crippen LogP contribution is -2.36. The van der Waals surface area contributed by atoms with Gasteiger partial charge in [0.05, 0.1) is 29.4 Å². The van der Waals surface area contributed by atoms with Gasteiger partial charge in [0.25, 0.3) is 0 Å². The lowest BCUT2D eigenvalue weighted by Gasteiger charge is -2.27. The van der Waals surface area contributed by atoms with Gasteiger partial charge in [0.2, 0.25) is 10.0 Å². The second kappa shape index (κ2) is 5.98. The number of hydrogen-bond acceptors (Lipinski definition) is 4. The first-order chi connectivity index (χ1) is 10.9. The summed E-state index contributed by atoms with van der Waals surface area (Å²) < 4.78 is 34.3. The van der Waals surface area contributed by atoms with Gasteiger partial charge in [-0.05, 0) is 50.1 Å². The third-order valence-corrected chi connectivity index (χ3v) is 6.04. The second-order valence-electron chi connectivity index (χ2n) is 5.63. The highest BCUT2D eigenvalue weighted by Gasteiger charge is 2.31. The Hall–Kier alpha value is -1.86. The van der Waals surface area contributed by atoms with Crippen molar-refractivity contribution in [3.8, 4) is 5.75 Å². The lowest BCUT2D eigenvalue weighted by molar-refractivity contribution is 0.340. The molecule has 0 radical (unpaired) electrons. The predicted molar refractivity (Wildman–Crippen MR) is 86.9 cm³/mol. The van der Waals surface area contributed by atoms with Crippen LogP contribution in [-0.2, 0) is 30.0 Å². The number of hydrogen-bond donors (Lipinski definition) is 0. The largest absolute Gasteiger partial charge is 0.494 e. The lowest BCUT2D eigenvalue weighted by atomic mass is 10.1. The molecule has 124 valence electrons. The molecule has 0 atom stereocenters. The van der Waals surface area contributed by atoms with Crippen LogP contribution in [0.3, 0.4) is 0 Å². The van der Waals surface area contributed by atoms with Gasteiger partial charge in [0.1, 0.15) is 5.75 Å². The van der Waals surface area contributed by atoms with E-state index in [1.165, 1.54) is 9.87 Å². The molecule has 2 heterocycles. The standard InChI is InChI=1S/C16H21N3O3S/c1-4-22-13-5-7-14(8-6-13)23(20,21)19-10-9-15-12(2)17-18(3)16(15)11-19/h5-8H,4,9-11H2,1-3H3. The maximum absolute atomic E-state index is 12.8. The first kappa shape index (κ1) is 16.0. The highest BCUT2D eigenvalue weighted by atomic mass is 32.2. The number of aryl methyl sites for hydroxylation is 2. The molecule has 7 heteroatoms. The van der Waals surface area contributed by atoms with Gasteiger partial charge in [-0.2, -0.15) is 9.40 Å². The Labute approximate surface area is 136 Å². The van der Waals surface area contributed by atoms with Crippen molar-refractivity contribution in [2.24, 2.45) is 7.05 Å². The highest BCUT2D eigenvalue weighted by molar-refractivity contribution is 7.89. The molecule has 2 aromatic rings. The fourth-order valence-electron chi connectivity index (χ4n) is 2.98. The van der Waals surface area contributed by atoms with Crippen molar-refractivity contribution in [3.63, 3.8) is 0 Å². The van der Waals surface area contributed by atoms with E-state index >= 15 is 0 Å². The topological polar surface area (TPSA) is 64.4 Å². The fourth-order valence-corrected chi connectivity index (χ4v) is 4.39. The average Bonchev–Trinajstić information content (AvgIpc) is 2.82. The number of sulfonamides is 1. The van der Waals surface area contributed by atoms with Crippen molar-refractivity contribution in [1.82, 2.24) is 14.1 Å². The van der Waals surface area contributed by atoms with E-state index in [-0.39, 0.29) is 0 Å². The smallest absolute Gasteiger partial charge is 0.243 e. The normalized spacial score (nSPS) is 15.4. The van der Waals surface area contributed by atoms with E-state index < -0.39 is 10.0 Å². The van der Waals surface area contributed by atoms with Crippen molar-refractivity contribution < 1.29 is 13.2 Å². The van der Waals surface area contributed by atoms with Crippen LogP contribution in [0, 0.1) is 6.92 Å². The summed E-state index contributed by atoms with van der Waals surface area (Å²) >= 11 is 0. The maximum Gasteiger partial charge on any atom is 0.243 e. The van der Waals surface area contributed by atoms with Gasteiger partial charge >= 0.3 is 0 Å². The molecule has 23 heavy (non-hydrogen) atoms. The monoisotopic (exact) mass is 335 g/mol. The summed E-state index contributed by atoms with van der Waals surface area (Å²) in [6, 6.07) is 6.59. The summed E-state index contributed by atoms with van der Waals surface area (Å²) in [4.78, 5) is 0.295. The van der Waals surface area contributed by atoms with Crippen LogP contribution >= 0.6 is 0 Å². The van der Waals surface area contributed by atoms with Gasteiger partial charge < -0.3 is 4.74 Å². The predicted octanol–water partition coefficient (Wildman–Crippen LogP) is 1.87. The van der Waals surface area contributed by atoms with Crippen LogP contribution in [0.4, 0.5) is 0 Å². The van der Waals surface area contributed by atoms with E-state index in [9.17, 15) is 8.42 Å². The van der Waals surface area contributed by atoms with Crippen LogP contribution in [0.15, 0.2) is 29.2 Å². The first-order valence-corrected chi connectivity index (χ1v) is 9.12. The third-order valence-electron chi connectivity index (χ3n) is 4.19. The zero-order valence-corrected chi connectivity index (χ0v) is 14.4. The molecule has 0 saturated heterocycles. The molecular formula is C16H21N3O3S. The average molecular weight is 335 g/mol. The number of aromatic nitrogens is 2. The molecule has 0 saturated carbocycles. The van der Waals surface area contributed by atoms with Crippen LogP contribution in [0.25, 0.3) is 0 Å². The summed E-state index contributed by atoms with van der Waals surface area (Å²) in [7, 11) is -1.65. The molecule has 0 N–H and O–H groups in total. The summed E-state index contributed by atoms with van der Waals surface area (Å²) in [6.45, 7) is 5.26. The molecule has 3 rings (SSSR count). The zero-order chi connectivity index (χ0) is 16.6. The Morgan fingerprint density at radius 1 is 1.26 bits per heavy atom. The second-order valence-corrected chi connectivity index (χ2v) is 7.57. The fraction of sp³-hybridized carbons (Fsp3) is 0.438. The van der Waals surface area contributed by atoms with Gasteiger partial charge in [-0.15, -0.1) is 0 Å². The highest BCUT2D eigenvalue weighted by Crippen LogP contribution is 2.27. The summed E-state index contributed by atoms with van der Waals surface area (Å²) in [5, 5.41) is 4.39. The minimum Gasteiger partial charge on any atom is -0.494 e. The van der Waals surface area contributed by atoms with Gasteiger partial charge in [0.15, 0.2) is 0 Å². The SMILES string of the molecule is CCOc1ccc(S(=O)(=O)N2CCc3c(C)nn(C)c3C2)cc1. The van der Waals surface area contributed by atoms with E-state index in [4.69, 9.17) is 4.74 Å². The first-order valence-electron chi connectivity index (χ1n) is 7.68. The molecule has 1 aliphatic rings. The molecule has 6 nitrogen and oxygen atoms in total. The Morgan fingerprint density at radius 2 is 1.96 bits per heavy atom. The van der Waals surface area contributed by atoms with Crippen LogP contribution in [-0.4, -0.2) is 35.7 Å². The van der Waals surface area contributed by atoms with Gasteiger partial charge in [-0.25, -0.2) is 8.42 Å². The molecule has 1 aromatic carbocycles. The van der Waals surface area contributed by atoms with Crippen LogP contribution in [0.2, 0.25) is 0 Å². The van der Waals surface area contributed by atoms with E-state index in [1.54, 1.807) is 28.9 Å². The Balaban J connectivity index is 1.87. The number of fused-ring (bicyclic) bond motifs is 1. The van der Waals surface area contributed by atoms with E-state index in [0.29, 0.717) is 36.8 Å². The molecule has 0 spiro atoms. The minimum absolute atomic E-state index is 0.295. The van der Waals surface area contributed by atoms with E-state index in [2.05, 4.69) is 5.10 Å². The van der Waals surface area contributed by atoms with Crippen molar-refractivity contribution in [2.45, 2.75) is 31.7 Å². The minimum atomic E-state index is -3.51. The molecule has 1 aromatic heterocycles. The molecule has 0 fully saturated rings. The number of nitrogens with zero attached hydrogens (tertiary/aromatic N) is 3. The Morgan fingerprint density at radius 3 is 2.61 bits per heavy atom. The third kappa shape index (κ3) is 2.86. The molecule has 0 aliphatic carbocycles. The zero-order valence-electron chi connectivity index (χ0n) is 13.6. The molecule has 1 aliphatic heterocycles. The quantitative estimate of drug-likeness (QED) is 0.856. The van der Waals surface area contributed by atoms with Crippen molar-refractivity contribution >= 4 is 10.0 Å². The van der Waals surface area contributed by atoms with E-state index in [1.807, 2.05) is 20.9 Å². The molecule has 0 bridgehead atoms.